The van der Waals surface area contributed by atoms with Crippen molar-refractivity contribution in [3.05, 3.63) is 76.9 Å². The van der Waals surface area contributed by atoms with E-state index in [0.29, 0.717) is 22.8 Å². The Kier molecular flexibility index (Phi) is 5.29. The summed E-state index contributed by atoms with van der Waals surface area (Å²) in [6.45, 7) is 0. The van der Waals surface area contributed by atoms with Gasteiger partial charge in [0.1, 0.15) is 40.4 Å². The molecule has 0 saturated carbocycles. The lowest BCUT2D eigenvalue weighted by molar-refractivity contribution is -0.0700. The van der Waals surface area contributed by atoms with Crippen LogP contribution in [0.25, 0.3) is 0 Å². The summed E-state index contributed by atoms with van der Waals surface area (Å²) in [4.78, 5) is 13.3. The zero-order chi connectivity index (χ0) is 24.1. The molecule has 4 atom stereocenters. The first-order valence-electron chi connectivity index (χ1n) is 11.8. The number of methoxy groups -OCH3 is 1. The highest BCUT2D eigenvalue weighted by atomic mass is 16.7. The second kappa shape index (κ2) is 8.50. The number of rotatable bonds is 5. The molecule has 1 fully saturated rings. The zero-order valence-electron chi connectivity index (χ0n) is 19.3. The fourth-order valence-electron chi connectivity index (χ4n) is 5.35. The van der Waals surface area contributed by atoms with Crippen molar-refractivity contribution in [2.45, 2.75) is 50.1 Å². The Morgan fingerprint density at radius 2 is 1.71 bits per heavy atom. The number of hydrogen-bond donors (Lipinski definition) is 2. The van der Waals surface area contributed by atoms with E-state index in [0.717, 1.165) is 36.0 Å². The summed E-state index contributed by atoms with van der Waals surface area (Å²) < 4.78 is 24.4. The van der Waals surface area contributed by atoms with Gasteiger partial charge in [-0.3, -0.25) is 4.79 Å². The molecule has 0 aliphatic carbocycles. The van der Waals surface area contributed by atoms with E-state index >= 15 is 0 Å². The number of aromatic hydroxyl groups is 2. The second-order valence-corrected chi connectivity index (χ2v) is 9.31. The van der Waals surface area contributed by atoms with Gasteiger partial charge in [-0.05, 0) is 54.7 Å². The number of carbonyl (C=O) groups excluding carboxylic acids is 1. The largest absolute Gasteiger partial charge is 0.508 e. The van der Waals surface area contributed by atoms with Crippen molar-refractivity contribution in [3.63, 3.8) is 0 Å². The average Bonchev–Trinajstić information content (AvgIpc) is 3.40. The zero-order valence-corrected chi connectivity index (χ0v) is 19.3. The maximum atomic E-state index is 13.3. The van der Waals surface area contributed by atoms with Crippen LogP contribution in [-0.2, 0) is 11.2 Å². The molecule has 6 rings (SSSR count). The molecule has 7 heteroatoms. The van der Waals surface area contributed by atoms with Crippen LogP contribution >= 0.6 is 0 Å². The van der Waals surface area contributed by atoms with Gasteiger partial charge in [0.2, 0.25) is 6.29 Å². The van der Waals surface area contributed by atoms with Gasteiger partial charge in [0.15, 0.2) is 5.78 Å². The number of ketones is 1. The van der Waals surface area contributed by atoms with Crippen molar-refractivity contribution in [2.24, 2.45) is 0 Å². The van der Waals surface area contributed by atoms with E-state index in [9.17, 15) is 15.0 Å². The third-order valence-electron chi connectivity index (χ3n) is 7.12. The summed E-state index contributed by atoms with van der Waals surface area (Å²) in [7, 11) is 1.53. The molecule has 35 heavy (non-hydrogen) atoms. The molecule has 2 N–H and O–H groups in total. The van der Waals surface area contributed by atoms with Gasteiger partial charge in [0.25, 0.3) is 0 Å². The molecule has 0 aromatic heterocycles. The lowest BCUT2D eigenvalue weighted by Crippen LogP contribution is -2.22. The minimum Gasteiger partial charge on any atom is -0.508 e. The first-order valence-corrected chi connectivity index (χ1v) is 11.8. The first kappa shape index (κ1) is 21.8. The summed E-state index contributed by atoms with van der Waals surface area (Å²) in [6, 6.07) is 15.7. The topological polar surface area (TPSA) is 94.5 Å². The van der Waals surface area contributed by atoms with Crippen LogP contribution in [0.3, 0.4) is 0 Å². The van der Waals surface area contributed by atoms with E-state index in [4.69, 9.17) is 18.9 Å². The Morgan fingerprint density at radius 3 is 2.43 bits per heavy atom. The molecule has 1 saturated heterocycles. The number of phenols is 2. The fourth-order valence-corrected chi connectivity index (χ4v) is 5.35. The molecular formula is C28H26O7. The number of aryl methyl sites for hydroxylation is 1. The predicted molar refractivity (Wildman–Crippen MR) is 126 cm³/mol. The lowest BCUT2D eigenvalue weighted by atomic mass is 9.88. The highest BCUT2D eigenvalue weighted by molar-refractivity contribution is 6.03. The van der Waals surface area contributed by atoms with Gasteiger partial charge in [-0.2, -0.15) is 0 Å². The number of phenolic OH excluding ortho intramolecular Hbond substituents is 2. The molecule has 0 amide bonds. The van der Waals surface area contributed by atoms with Crippen molar-refractivity contribution >= 4 is 5.78 Å². The predicted octanol–water partition coefficient (Wildman–Crippen LogP) is 5.04. The van der Waals surface area contributed by atoms with E-state index in [1.807, 2.05) is 12.1 Å². The molecule has 7 nitrogen and oxygen atoms in total. The number of Topliss-reactive ketones (excluding diaryl/α,β-unsaturated/α-hetero) is 1. The highest BCUT2D eigenvalue weighted by Gasteiger charge is 2.48. The Bertz CT molecular complexity index is 1270. The van der Waals surface area contributed by atoms with Crippen LogP contribution in [0.2, 0.25) is 0 Å². The van der Waals surface area contributed by atoms with Crippen LogP contribution in [0.1, 0.15) is 58.3 Å². The highest BCUT2D eigenvalue weighted by Crippen LogP contribution is 2.56. The molecule has 0 bridgehead atoms. The normalized spacial score (nSPS) is 24.2. The number of hydrogen-bond acceptors (Lipinski definition) is 7. The fraction of sp³-hybridized carbons (Fsp3) is 0.321. The minimum absolute atomic E-state index is 0.0110. The van der Waals surface area contributed by atoms with Gasteiger partial charge >= 0.3 is 0 Å². The van der Waals surface area contributed by atoms with E-state index in [1.165, 1.54) is 7.11 Å². The van der Waals surface area contributed by atoms with Gasteiger partial charge in [0, 0.05) is 11.6 Å². The van der Waals surface area contributed by atoms with Gasteiger partial charge < -0.3 is 29.2 Å². The van der Waals surface area contributed by atoms with Crippen molar-refractivity contribution in [1.29, 1.82) is 0 Å². The summed E-state index contributed by atoms with van der Waals surface area (Å²) in [5.74, 6) is 1.92. The van der Waals surface area contributed by atoms with Crippen LogP contribution in [0.15, 0.2) is 54.6 Å². The summed E-state index contributed by atoms with van der Waals surface area (Å²) in [5, 5.41) is 19.1. The number of ether oxygens (including phenoxy) is 4. The maximum Gasteiger partial charge on any atom is 0.207 e. The number of fused-ring (bicyclic) bond motifs is 5. The van der Waals surface area contributed by atoms with Gasteiger partial charge in [-0.15, -0.1) is 0 Å². The Hall–Kier alpha value is -3.71. The van der Waals surface area contributed by atoms with Gasteiger partial charge in [-0.1, -0.05) is 24.3 Å². The van der Waals surface area contributed by atoms with E-state index in [-0.39, 0.29) is 35.7 Å². The molecule has 1 unspecified atom stereocenters. The maximum absolute atomic E-state index is 13.3. The van der Waals surface area contributed by atoms with Gasteiger partial charge in [-0.25, -0.2) is 0 Å². The van der Waals surface area contributed by atoms with Crippen LogP contribution in [0.5, 0.6) is 28.7 Å². The summed E-state index contributed by atoms with van der Waals surface area (Å²) >= 11 is 0. The molecule has 3 aliphatic heterocycles. The standard InChI is InChI=1S/C28H26O7/c1-32-23-14-24-25(27-26(23)21(31)13-22(34-27)16-5-9-18(30)10-6-16)20-12-19(33-28(20)35-24)11-4-15-2-7-17(29)8-3-15/h2-3,5-10,14,19-20,22,28-30H,4,11-13H2,1H3/t19-,20-,22?,28+/m0/s1. The molecule has 3 aliphatic rings. The lowest BCUT2D eigenvalue weighted by Gasteiger charge is -2.29. The molecular weight excluding hydrogens is 448 g/mol. The molecule has 3 heterocycles. The average molecular weight is 475 g/mol. The SMILES string of the molecule is COc1cc2c(c3c1C(=O)CC(c1ccc(O)cc1)O3)[C@@H]1C[C@H](CCc3ccc(O)cc3)O[C@@H]1O2. The Morgan fingerprint density at radius 1 is 1.00 bits per heavy atom. The number of benzene rings is 3. The summed E-state index contributed by atoms with van der Waals surface area (Å²) in [6.07, 6.45) is 1.72. The Labute approximate surface area is 202 Å². The van der Waals surface area contributed by atoms with E-state index in [1.54, 1.807) is 42.5 Å². The molecule has 0 spiro atoms. The van der Waals surface area contributed by atoms with Gasteiger partial charge in [0.05, 0.1) is 25.6 Å². The van der Waals surface area contributed by atoms with Crippen LogP contribution in [-0.4, -0.2) is 35.5 Å². The Balaban J connectivity index is 1.28. The number of carbonyl (C=O) groups is 1. The van der Waals surface area contributed by atoms with E-state index < -0.39 is 12.4 Å². The van der Waals surface area contributed by atoms with Crippen LogP contribution < -0.4 is 14.2 Å². The smallest absolute Gasteiger partial charge is 0.207 e. The van der Waals surface area contributed by atoms with Crippen LogP contribution in [0, 0.1) is 0 Å². The third kappa shape index (κ3) is 3.86. The molecule has 3 aromatic carbocycles. The monoisotopic (exact) mass is 474 g/mol. The minimum atomic E-state index is -0.460. The van der Waals surface area contributed by atoms with E-state index in [2.05, 4.69) is 0 Å². The first-order chi connectivity index (χ1) is 17.0. The molecule has 3 aromatic rings. The second-order valence-electron chi connectivity index (χ2n) is 9.31. The quantitative estimate of drug-likeness (QED) is 0.535. The molecule has 180 valence electrons. The van der Waals surface area contributed by atoms with Crippen molar-refractivity contribution in [3.8, 4) is 28.7 Å². The van der Waals surface area contributed by atoms with Crippen molar-refractivity contribution in [2.75, 3.05) is 7.11 Å². The van der Waals surface area contributed by atoms with Crippen LogP contribution in [0.4, 0.5) is 0 Å². The summed E-state index contributed by atoms with van der Waals surface area (Å²) in [5.41, 5.74) is 3.29. The van der Waals surface area contributed by atoms with Crippen molar-refractivity contribution in [1.82, 2.24) is 0 Å². The third-order valence-corrected chi connectivity index (χ3v) is 7.12. The van der Waals surface area contributed by atoms with Crippen molar-refractivity contribution < 1.29 is 34.0 Å². The molecule has 0 radical (unpaired) electrons.